The summed E-state index contributed by atoms with van der Waals surface area (Å²) in [7, 11) is 0. The third kappa shape index (κ3) is 4.87. The molecule has 0 bridgehead atoms. The molecular formula is C25H29F3N2. The second-order valence-electron chi connectivity index (χ2n) is 9.42. The SMILES string of the molecule is CC(C)(C)C1(CC#N)CCN(Cc2ccc(-c3cccc(C(F)(F)F)c3)cc2)CC1. The highest BCUT2D eigenvalue weighted by molar-refractivity contribution is 5.64. The smallest absolute Gasteiger partial charge is 0.299 e. The number of nitriles is 1. The van der Waals surface area contributed by atoms with Gasteiger partial charge in [0.15, 0.2) is 0 Å². The normalized spacial score (nSPS) is 17.5. The minimum Gasteiger partial charge on any atom is -0.299 e. The number of likely N-dealkylation sites (tertiary alicyclic amines) is 1. The summed E-state index contributed by atoms with van der Waals surface area (Å²) >= 11 is 0. The van der Waals surface area contributed by atoms with E-state index in [4.69, 9.17) is 0 Å². The Morgan fingerprint density at radius 2 is 1.60 bits per heavy atom. The van der Waals surface area contributed by atoms with Gasteiger partial charge in [-0.15, -0.1) is 0 Å². The van der Waals surface area contributed by atoms with Gasteiger partial charge in [0, 0.05) is 13.0 Å². The fourth-order valence-electron chi connectivity index (χ4n) is 4.42. The van der Waals surface area contributed by atoms with E-state index in [1.54, 1.807) is 6.07 Å². The molecule has 0 aromatic heterocycles. The maximum absolute atomic E-state index is 13.0. The summed E-state index contributed by atoms with van der Waals surface area (Å²) in [5, 5.41) is 9.30. The van der Waals surface area contributed by atoms with E-state index in [9.17, 15) is 18.4 Å². The molecule has 160 valence electrons. The van der Waals surface area contributed by atoms with Gasteiger partial charge in [-0.1, -0.05) is 57.2 Å². The van der Waals surface area contributed by atoms with Crippen molar-refractivity contribution < 1.29 is 13.2 Å². The van der Waals surface area contributed by atoms with Crippen molar-refractivity contribution in [1.82, 2.24) is 4.90 Å². The molecule has 5 heteroatoms. The zero-order valence-electron chi connectivity index (χ0n) is 17.9. The van der Waals surface area contributed by atoms with E-state index < -0.39 is 11.7 Å². The lowest BCUT2D eigenvalue weighted by Crippen LogP contribution is -2.46. The highest BCUT2D eigenvalue weighted by atomic mass is 19.4. The van der Waals surface area contributed by atoms with E-state index in [1.807, 2.05) is 24.3 Å². The lowest BCUT2D eigenvalue weighted by atomic mass is 9.60. The number of benzene rings is 2. The quantitative estimate of drug-likeness (QED) is 0.543. The van der Waals surface area contributed by atoms with Gasteiger partial charge in [0.25, 0.3) is 0 Å². The van der Waals surface area contributed by atoms with Crippen molar-refractivity contribution in [3.8, 4) is 17.2 Å². The van der Waals surface area contributed by atoms with E-state index in [0.717, 1.165) is 49.7 Å². The molecule has 1 aliphatic heterocycles. The Morgan fingerprint density at radius 3 is 2.13 bits per heavy atom. The number of piperidine rings is 1. The summed E-state index contributed by atoms with van der Waals surface area (Å²) < 4.78 is 38.9. The van der Waals surface area contributed by atoms with Gasteiger partial charge < -0.3 is 0 Å². The average Bonchev–Trinajstić information content (AvgIpc) is 2.69. The highest BCUT2D eigenvalue weighted by Crippen LogP contribution is 2.49. The van der Waals surface area contributed by atoms with Gasteiger partial charge in [-0.25, -0.2) is 0 Å². The van der Waals surface area contributed by atoms with E-state index in [-0.39, 0.29) is 10.8 Å². The second-order valence-corrected chi connectivity index (χ2v) is 9.42. The molecule has 0 radical (unpaired) electrons. The minimum absolute atomic E-state index is 0.0611. The van der Waals surface area contributed by atoms with Gasteiger partial charge in [-0.2, -0.15) is 18.4 Å². The maximum Gasteiger partial charge on any atom is 0.416 e. The number of halogens is 3. The molecule has 0 spiro atoms. The first-order valence-corrected chi connectivity index (χ1v) is 10.4. The Labute approximate surface area is 177 Å². The molecule has 1 aliphatic rings. The summed E-state index contributed by atoms with van der Waals surface area (Å²) in [6.07, 6.45) is -1.73. The molecule has 1 saturated heterocycles. The Bertz CT molecular complexity index is 894. The number of alkyl halides is 3. The van der Waals surface area contributed by atoms with Crippen LogP contribution >= 0.6 is 0 Å². The minimum atomic E-state index is -4.34. The van der Waals surface area contributed by atoms with Crippen molar-refractivity contribution in [2.75, 3.05) is 13.1 Å². The molecule has 0 unspecified atom stereocenters. The van der Waals surface area contributed by atoms with Gasteiger partial charge in [-0.3, -0.25) is 4.90 Å². The first-order valence-electron chi connectivity index (χ1n) is 10.4. The van der Waals surface area contributed by atoms with Crippen LogP contribution in [-0.2, 0) is 12.7 Å². The molecule has 1 fully saturated rings. The first-order chi connectivity index (χ1) is 14.0. The number of hydrogen-bond donors (Lipinski definition) is 0. The molecule has 30 heavy (non-hydrogen) atoms. The van der Waals surface area contributed by atoms with Gasteiger partial charge in [-0.05, 0) is 65.6 Å². The van der Waals surface area contributed by atoms with Crippen molar-refractivity contribution in [2.45, 2.75) is 52.8 Å². The lowest BCUT2D eigenvalue weighted by Gasteiger charge is -2.49. The molecule has 0 saturated carbocycles. The fourth-order valence-corrected chi connectivity index (χ4v) is 4.42. The van der Waals surface area contributed by atoms with Crippen LogP contribution in [0.4, 0.5) is 13.2 Å². The van der Waals surface area contributed by atoms with Gasteiger partial charge in [0.05, 0.1) is 11.6 Å². The van der Waals surface area contributed by atoms with Crippen LogP contribution in [0.3, 0.4) is 0 Å². The van der Waals surface area contributed by atoms with Crippen LogP contribution < -0.4 is 0 Å². The van der Waals surface area contributed by atoms with Crippen LogP contribution in [0, 0.1) is 22.2 Å². The van der Waals surface area contributed by atoms with Crippen LogP contribution in [0.5, 0.6) is 0 Å². The van der Waals surface area contributed by atoms with Crippen molar-refractivity contribution in [1.29, 1.82) is 5.26 Å². The Balaban J connectivity index is 1.66. The van der Waals surface area contributed by atoms with E-state index in [1.165, 1.54) is 12.1 Å². The lowest BCUT2D eigenvalue weighted by molar-refractivity contribution is -0.137. The topological polar surface area (TPSA) is 27.0 Å². The molecule has 2 nitrogen and oxygen atoms in total. The first kappa shape index (κ1) is 22.4. The van der Waals surface area contributed by atoms with Crippen molar-refractivity contribution in [3.05, 3.63) is 59.7 Å². The summed E-state index contributed by atoms with van der Waals surface area (Å²) in [5.74, 6) is 0. The number of rotatable bonds is 4. The average molecular weight is 415 g/mol. The maximum atomic E-state index is 13.0. The summed E-state index contributed by atoms with van der Waals surface area (Å²) in [6, 6.07) is 15.6. The predicted molar refractivity (Wildman–Crippen MR) is 114 cm³/mol. The highest BCUT2D eigenvalue weighted by Gasteiger charge is 2.43. The Morgan fingerprint density at radius 1 is 0.967 bits per heavy atom. The third-order valence-corrected chi connectivity index (χ3v) is 6.70. The molecule has 2 aromatic carbocycles. The molecule has 0 aliphatic carbocycles. The molecule has 3 rings (SSSR count). The molecule has 1 heterocycles. The third-order valence-electron chi connectivity index (χ3n) is 6.70. The van der Waals surface area contributed by atoms with E-state index in [0.29, 0.717) is 12.0 Å². The fraction of sp³-hybridized carbons (Fsp3) is 0.480. The van der Waals surface area contributed by atoms with E-state index in [2.05, 4.69) is 31.7 Å². The van der Waals surface area contributed by atoms with Gasteiger partial charge in [0.1, 0.15) is 0 Å². The second kappa shape index (κ2) is 8.43. The zero-order valence-corrected chi connectivity index (χ0v) is 17.9. The predicted octanol–water partition coefficient (Wildman–Crippen LogP) is 6.91. The van der Waals surface area contributed by atoms with Gasteiger partial charge >= 0.3 is 6.18 Å². The Kier molecular flexibility index (Phi) is 6.29. The molecule has 0 N–H and O–H groups in total. The van der Waals surface area contributed by atoms with Crippen molar-refractivity contribution in [2.24, 2.45) is 10.8 Å². The standard InChI is InChI=1S/C25H29F3N2/c1-23(2,3)24(11-14-29)12-15-30(16-13-24)18-19-7-9-20(10-8-19)21-5-4-6-22(17-21)25(26,27)28/h4-10,17H,11-13,15-16,18H2,1-3H3. The summed E-state index contributed by atoms with van der Waals surface area (Å²) in [4.78, 5) is 2.40. The molecule has 0 amide bonds. The zero-order chi connectivity index (χ0) is 22.0. The van der Waals surface area contributed by atoms with Crippen LogP contribution in [0.25, 0.3) is 11.1 Å². The Hall–Kier alpha value is -2.32. The monoisotopic (exact) mass is 414 g/mol. The van der Waals surface area contributed by atoms with Crippen LogP contribution in [-0.4, -0.2) is 18.0 Å². The van der Waals surface area contributed by atoms with Crippen LogP contribution in [0.1, 0.15) is 51.2 Å². The molecular weight excluding hydrogens is 385 g/mol. The van der Waals surface area contributed by atoms with Crippen molar-refractivity contribution >= 4 is 0 Å². The van der Waals surface area contributed by atoms with Crippen molar-refractivity contribution in [3.63, 3.8) is 0 Å². The van der Waals surface area contributed by atoms with E-state index >= 15 is 0 Å². The van der Waals surface area contributed by atoms with Crippen LogP contribution in [0.15, 0.2) is 48.5 Å². The molecule has 2 aromatic rings. The number of nitrogens with zero attached hydrogens (tertiary/aromatic N) is 2. The number of hydrogen-bond acceptors (Lipinski definition) is 2. The summed E-state index contributed by atoms with van der Waals surface area (Å²) in [5.41, 5.74) is 2.03. The largest absolute Gasteiger partial charge is 0.416 e. The molecule has 0 atom stereocenters. The van der Waals surface area contributed by atoms with Gasteiger partial charge in [0.2, 0.25) is 0 Å². The summed E-state index contributed by atoms with van der Waals surface area (Å²) in [6.45, 7) is 9.41. The van der Waals surface area contributed by atoms with Crippen LogP contribution in [0.2, 0.25) is 0 Å².